The second kappa shape index (κ2) is 5.41. The average Bonchev–Trinajstić information content (AvgIpc) is 2.86. The van der Waals surface area contributed by atoms with Gasteiger partial charge in [0.15, 0.2) is 5.58 Å². The SMILES string of the molecule is NCc1oc2c(Cl)cc(Br)c(Cl)c2c1-c1ccccc1. The van der Waals surface area contributed by atoms with E-state index in [-0.39, 0.29) is 6.54 Å². The molecule has 0 bridgehead atoms. The van der Waals surface area contributed by atoms with Gasteiger partial charge < -0.3 is 10.2 Å². The fourth-order valence-corrected chi connectivity index (χ4v) is 3.31. The molecular formula is C15H10BrCl2NO. The van der Waals surface area contributed by atoms with E-state index < -0.39 is 0 Å². The Morgan fingerprint density at radius 1 is 1.15 bits per heavy atom. The van der Waals surface area contributed by atoms with Crippen LogP contribution in [0.1, 0.15) is 5.76 Å². The molecule has 0 saturated carbocycles. The molecule has 0 saturated heterocycles. The van der Waals surface area contributed by atoms with E-state index in [0.29, 0.717) is 21.4 Å². The number of fused-ring (bicyclic) bond motifs is 1. The first-order valence-corrected chi connectivity index (χ1v) is 7.52. The molecule has 0 aliphatic carbocycles. The molecule has 0 unspecified atom stereocenters. The topological polar surface area (TPSA) is 39.2 Å². The van der Waals surface area contributed by atoms with Gasteiger partial charge in [0.25, 0.3) is 0 Å². The van der Waals surface area contributed by atoms with E-state index in [9.17, 15) is 0 Å². The van der Waals surface area contributed by atoms with Crippen LogP contribution in [0, 0.1) is 0 Å². The summed E-state index contributed by atoms with van der Waals surface area (Å²) in [4.78, 5) is 0. The van der Waals surface area contributed by atoms with E-state index in [1.807, 2.05) is 30.3 Å². The zero-order chi connectivity index (χ0) is 14.3. The van der Waals surface area contributed by atoms with Gasteiger partial charge in [0.05, 0.1) is 16.6 Å². The third-order valence-electron chi connectivity index (χ3n) is 3.13. The maximum Gasteiger partial charge on any atom is 0.155 e. The highest BCUT2D eigenvalue weighted by Gasteiger charge is 2.21. The maximum absolute atomic E-state index is 6.42. The fourth-order valence-electron chi connectivity index (χ4n) is 2.27. The van der Waals surface area contributed by atoms with Crippen molar-refractivity contribution in [1.82, 2.24) is 0 Å². The Labute approximate surface area is 134 Å². The van der Waals surface area contributed by atoms with Crippen LogP contribution < -0.4 is 5.73 Å². The van der Waals surface area contributed by atoms with Crippen LogP contribution in [0.5, 0.6) is 0 Å². The van der Waals surface area contributed by atoms with Crippen molar-refractivity contribution in [3.8, 4) is 11.1 Å². The Morgan fingerprint density at radius 3 is 2.50 bits per heavy atom. The van der Waals surface area contributed by atoms with E-state index in [0.717, 1.165) is 21.0 Å². The fraction of sp³-hybridized carbons (Fsp3) is 0.0667. The molecule has 1 aromatic heterocycles. The predicted octanol–water partition coefficient (Wildman–Crippen LogP) is 5.63. The van der Waals surface area contributed by atoms with Crippen molar-refractivity contribution in [2.24, 2.45) is 5.73 Å². The molecule has 0 spiro atoms. The van der Waals surface area contributed by atoms with E-state index in [2.05, 4.69) is 15.9 Å². The Kier molecular flexibility index (Phi) is 3.78. The maximum atomic E-state index is 6.42. The van der Waals surface area contributed by atoms with Crippen LogP contribution in [0.3, 0.4) is 0 Å². The summed E-state index contributed by atoms with van der Waals surface area (Å²) in [5.74, 6) is 0.674. The Hall–Kier alpha value is -1.00. The van der Waals surface area contributed by atoms with Crippen LogP contribution in [0.2, 0.25) is 10.0 Å². The molecule has 0 amide bonds. The summed E-state index contributed by atoms with van der Waals surface area (Å²) < 4.78 is 6.54. The number of hydrogen-bond donors (Lipinski definition) is 1. The van der Waals surface area contributed by atoms with Gasteiger partial charge in [0.1, 0.15) is 5.76 Å². The van der Waals surface area contributed by atoms with Gasteiger partial charge in [-0.25, -0.2) is 0 Å². The summed E-state index contributed by atoms with van der Waals surface area (Å²) >= 11 is 16.1. The van der Waals surface area contributed by atoms with Gasteiger partial charge in [0, 0.05) is 15.4 Å². The van der Waals surface area contributed by atoms with Gasteiger partial charge in [0.2, 0.25) is 0 Å². The van der Waals surface area contributed by atoms with Gasteiger partial charge in [-0.2, -0.15) is 0 Å². The smallest absolute Gasteiger partial charge is 0.155 e. The summed E-state index contributed by atoms with van der Waals surface area (Å²) in [7, 11) is 0. The van der Waals surface area contributed by atoms with Gasteiger partial charge in [-0.1, -0.05) is 53.5 Å². The van der Waals surface area contributed by atoms with Gasteiger partial charge >= 0.3 is 0 Å². The molecule has 5 heteroatoms. The monoisotopic (exact) mass is 369 g/mol. The number of benzene rings is 2. The molecule has 20 heavy (non-hydrogen) atoms. The largest absolute Gasteiger partial charge is 0.457 e. The van der Waals surface area contributed by atoms with Crippen molar-refractivity contribution >= 4 is 50.1 Å². The average molecular weight is 371 g/mol. The number of furan rings is 1. The van der Waals surface area contributed by atoms with Gasteiger partial charge in [-0.05, 0) is 27.6 Å². The Balaban J connectivity index is 2.46. The van der Waals surface area contributed by atoms with Crippen LogP contribution in [-0.4, -0.2) is 0 Å². The van der Waals surface area contributed by atoms with E-state index in [1.165, 1.54) is 0 Å². The highest BCUT2D eigenvalue weighted by molar-refractivity contribution is 9.10. The molecule has 2 N–H and O–H groups in total. The molecule has 3 aromatic rings. The van der Waals surface area contributed by atoms with E-state index >= 15 is 0 Å². The second-order valence-corrected chi connectivity index (χ2v) is 5.97. The third-order valence-corrected chi connectivity index (χ3v) is 4.66. The van der Waals surface area contributed by atoms with Crippen molar-refractivity contribution in [3.63, 3.8) is 0 Å². The number of halogens is 3. The number of hydrogen-bond acceptors (Lipinski definition) is 2. The van der Waals surface area contributed by atoms with Crippen molar-refractivity contribution in [1.29, 1.82) is 0 Å². The van der Waals surface area contributed by atoms with Crippen LogP contribution in [0.25, 0.3) is 22.1 Å². The van der Waals surface area contributed by atoms with Crippen molar-refractivity contribution in [2.75, 3.05) is 0 Å². The molecular weight excluding hydrogens is 361 g/mol. The highest BCUT2D eigenvalue weighted by Crippen LogP contribution is 2.44. The summed E-state index contributed by atoms with van der Waals surface area (Å²) in [6.07, 6.45) is 0. The highest BCUT2D eigenvalue weighted by atomic mass is 79.9. The molecule has 0 atom stereocenters. The minimum absolute atomic E-state index is 0.281. The number of rotatable bonds is 2. The minimum Gasteiger partial charge on any atom is -0.457 e. The molecule has 0 aliphatic heterocycles. The summed E-state index contributed by atoms with van der Waals surface area (Å²) in [5.41, 5.74) is 8.27. The first-order valence-electron chi connectivity index (χ1n) is 5.98. The molecule has 0 fully saturated rings. The standard InChI is InChI=1S/C15H10BrCl2NO/c16-9-6-10(17)15-13(14(9)18)12(11(7-19)20-15)8-4-2-1-3-5-8/h1-6H,7,19H2. The van der Waals surface area contributed by atoms with Crippen molar-refractivity contribution in [3.05, 3.63) is 56.7 Å². The zero-order valence-electron chi connectivity index (χ0n) is 10.3. The van der Waals surface area contributed by atoms with Crippen LogP contribution >= 0.6 is 39.1 Å². The Morgan fingerprint density at radius 2 is 1.85 bits per heavy atom. The lowest BCUT2D eigenvalue weighted by Gasteiger charge is -2.04. The van der Waals surface area contributed by atoms with Gasteiger partial charge in [-0.3, -0.25) is 0 Å². The molecule has 3 rings (SSSR count). The van der Waals surface area contributed by atoms with Crippen molar-refractivity contribution < 1.29 is 4.42 Å². The van der Waals surface area contributed by atoms with E-state index in [1.54, 1.807) is 6.07 Å². The molecule has 1 heterocycles. The minimum atomic E-state index is 0.281. The predicted molar refractivity (Wildman–Crippen MR) is 87.3 cm³/mol. The third kappa shape index (κ3) is 2.15. The lowest BCUT2D eigenvalue weighted by atomic mass is 10.0. The number of nitrogens with two attached hydrogens (primary N) is 1. The van der Waals surface area contributed by atoms with Crippen LogP contribution in [-0.2, 0) is 6.54 Å². The van der Waals surface area contributed by atoms with E-state index in [4.69, 9.17) is 33.4 Å². The molecule has 2 aromatic carbocycles. The summed E-state index contributed by atoms with van der Waals surface area (Å²) in [6.45, 7) is 0.281. The first-order chi connectivity index (χ1) is 9.63. The first kappa shape index (κ1) is 14.0. The molecule has 102 valence electrons. The van der Waals surface area contributed by atoms with Crippen LogP contribution in [0.15, 0.2) is 45.3 Å². The lowest BCUT2D eigenvalue weighted by Crippen LogP contribution is -1.96. The summed E-state index contributed by atoms with van der Waals surface area (Å²) in [6, 6.07) is 11.6. The second-order valence-electron chi connectivity index (χ2n) is 4.33. The quantitative estimate of drug-likeness (QED) is 0.594. The molecule has 0 aliphatic rings. The zero-order valence-corrected chi connectivity index (χ0v) is 13.4. The van der Waals surface area contributed by atoms with Gasteiger partial charge in [-0.15, -0.1) is 0 Å². The lowest BCUT2D eigenvalue weighted by molar-refractivity contribution is 0.554. The van der Waals surface area contributed by atoms with Crippen LogP contribution in [0.4, 0.5) is 0 Å². The summed E-state index contributed by atoms with van der Waals surface area (Å²) in [5, 5.41) is 1.87. The van der Waals surface area contributed by atoms with Crippen molar-refractivity contribution in [2.45, 2.75) is 6.54 Å². The molecule has 0 radical (unpaired) electrons. The molecule has 2 nitrogen and oxygen atoms in total. The normalized spacial score (nSPS) is 11.2. The Bertz CT molecular complexity index is 784.